The zero-order valence-corrected chi connectivity index (χ0v) is 20.2. The Labute approximate surface area is 191 Å². The third-order valence-electron chi connectivity index (χ3n) is 4.87. The lowest BCUT2D eigenvalue weighted by molar-refractivity contribution is 0.0474. The second kappa shape index (κ2) is 11.0. The smallest absolute Gasteiger partial charge is 0.411 e. The Morgan fingerprint density at radius 1 is 0.844 bits per heavy atom. The maximum absolute atomic E-state index is 12.7. The van der Waals surface area contributed by atoms with Gasteiger partial charge in [-0.2, -0.15) is 0 Å². The molecule has 2 amide bonds. The highest BCUT2D eigenvalue weighted by Crippen LogP contribution is 2.32. The monoisotopic (exact) mass is 440 g/mol. The number of alkyl carbamates (subject to hydrolysis) is 1. The Bertz CT molecular complexity index is 876. The van der Waals surface area contributed by atoms with Crippen LogP contribution < -0.4 is 10.6 Å². The van der Waals surface area contributed by atoms with Gasteiger partial charge >= 0.3 is 12.2 Å². The highest BCUT2D eigenvalue weighted by Gasteiger charge is 2.23. The molecule has 32 heavy (non-hydrogen) atoms. The van der Waals surface area contributed by atoms with E-state index in [9.17, 15) is 9.59 Å². The van der Waals surface area contributed by atoms with Crippen molar-refractivity contribution >= 4 is 17.9 Å². The number of rotatable bonds is 7. The zero-order chi connectivity index (χ0) is 23.9. The van der Waals surface area contributed by atoms with Crippen molar-refractivity contribution in [3.8, 4) is 0 Å². The van der Waals surface area contributed by atoms with Gasteiger partial charge in [0.05, 0.1) is 11.7 Å². The predicted octanol–water partition coefficient (Wildman–Crippen LogP) is 6.75. The first-order chi connectivity index (χ1) is 15.0. The van der Waals surface area contributed by atoms with Gasteiger partial charge in [0.1, 0.15) is 12.2 Å². The highest BCUT2D eigenvalue weighted by atomic mass is 16.6. The molecule has 0 fully saturated rings. The summed E-state index contributed by atoms with van der Waals surface area (Å²) in [5, 5.41) is 5.74. The second-order valence-corrected chi connectivity index (χ2v) is 9.45. The molecule has 0 spiro atoms. The summed E-state index contributed by atoms with van der Waals surface area (Å²) >= 11 is 0. The van der Waals surface area contributed by atoms with Crippen LogP contribution in [-0.2, 0) is 9.47 Å². The molecule has 0 saturated heterocycles. The summed E-state index contributed by atoms with van der Waals surface area (Å²) in [6.45, 7) is 13.7. The molecular formula is C26H36N2O4. The van der Waals surface area contributed by atoms with Crippen molar-refractivity contribution < 1.29 is 19.1 Å². The summed E-state index contributed by atoms with van der Waals surface area (Å²) in [6.07, 6.45) is -1.13. The zero-order valence-electron chi connectivity index (χ0n) is 20.2. The SMILES string of the molecule is CC(C)c1cccc(C(C)C)c1NC(=O)OCC(NC(=O)OC(C)(C)C)c1ccccc1. The van der Waals surface area contributed by atoms with E-state index in [0.717, 1.165) is 22.4 Å². The van der Waals surface area contributed by atoms with Gasteiger partial charge in [-0.3, -0.25) is 5.32 Å². The molecule has 174 valence electrons. The van der Waals surface area contributed by atoms with Crippen LogP contribution in [-0.4, -0.2) is 24.4 Å². The highest BCUT2D eigenvalue weighted by molar-refractivity contribution is 5.87. The molecule has 2 N–H and O–H groups in total. The molecule has 6 heteroatoms. The third kappa shape index (κ3) is 7.59. The van der Waals surface area contributed by atoms with E-state index >= 15 is 0 Å². The van der Waals surface area contributed by atoms with E-state index in [1.807, 2.05) is 48.5 Å². The Morgan fingerprint density at radius 3 is 1.91 bits per heavy atom. The normalized spacial score (nSPS) is 12.4. The third-order valence-corrected chi connectivity index (χ3v) is 4.87. The fraction of sp³-hybridized carbons (Fsp3) is 0.462. The van der Waals surface area contributed by atoms with Crippen LogP contribution in [0.2, 0.25) is 0 Å². The van der Waals surface area contributed by atoms with Gasteiger partial charge in [-0.1, -0.05) is 76.2 Å². The first-order valence-electron chi connectivity index (χ1n) is 11.1. The summed E-state index contributed by atoms with van der Waals surface area (Å²) in [7, 11) is 0. The number of benzene rings is 2. The Balaban J connectivity index is 2.15. The van der Waals surface area contributed by atoms with Crippen molar-refractivity contribution in [2.75, 3.05) is 11.9 Å². The van der Waals surface area contributed by atoms with E-state index in [0.29, 0.717) is 0 Å². The summed E-state index contributed by atoms with van der Waals surface area (Å²) in [5.74, 6) is 0.491. The Kier molecular flexibility index (Phi) is 8.70. The van der Waals surface area contributed by atoms with E-state index in [1.54, 1.807) is 20.8 Å². The average molecular weight is 441 g/mol. The van der Waals surface area contributed by atoms with Crippen molar-refractivity contribution in [2.24, 2.45) is 0 Å². The Morgan fingerprint density at radius 2 is 1.41 bits per heavy atom. The van der Waals surface area contributed by atoms with E-state index in [1.165, 1.54) is 0 Å². The molecule has 2 aromatic rings. The van der Waals surface area contributed by atoms with Gasteiger partial charge < -0.3 is 14.8 Å². The molecular weight excluding hydrogens is 404 g/mol. The lowest BCUT2D eigenvalue weighted by Crippen LogP contribution is -2.37. The molecule has 0 aliphatic carbocycles. The van der Waals surface area contributed by atoms with Crippen molar-refractivity contribution in [1.29, 1.82) is 0 Å². The van der Waals surface area contributed by atoms with Crippen LogP contribution >= 0.6 is 0 Å². The minimum atomic E-state index is -0.628. The molecule has 0 aromatic heterocycles. The first-order valence-corrected chi connectivity index (χ1v) is 11.1. The lowest BCUT2D eigenvalue weighted by atomic mass is 9.93. The fourth-order valence-electron chi connectivity index (χ4n) is 3.35. The van der Waals surface area contributed by atoms with Crippen molar-refractivity contribution in [3.05, 3.63) is 65.2 Å². The number of hydrogen-bond acceptors (Lipinski definition) is 4. The fourth-order valence-corrected chi connectivity index (χ4v) is 3.35. The average Bonchev–Trinajstić information content (AvgIpc) is 2.70. The van der Waals surface area contributed by atoms with Gasteiger partial charge in [-0.25, -0.2) is 9.59 Å². The Hall–Kier alpha value is -3.02. The van der Waals surface area contributed by atoms with Gasteiger partial charge in [-0.05, 0) is 49.3 Å². The van der Waals surface area contributed by atoms with Crippen molar-refractivity contribution in [3.63, 3.8) is 0 Å². The number of ether oxygens (including phenoxy) is 2. The molecule has 6 nitrogen and oxygen atoms in total. The van der Waals surface area contributed by atoms with Gasteiger partial charge in [-0.15, -0.1) is 0 Å². The van der Waals surface area contributed by atoms with Crippen LogP contribution in [0.25, 0.3) is 0 Å². The summed E-state index contributed by atoms with van der Waals surface area (Å²) in [5.41, 5.74) is 3.09. The predicted molar refractivity (Wildman–Crippen MR) is 128 cm³/mol. The first kappa shape index (κ1) is 25.2. The molecule has 0 heterocycles. The number of amides is 2. The minimum Gasteiger partial charge on any atom is -0.447 e. The molecule has 0 aliphatic rings. The van der Waals surface area contributed by atoms with Gasteiger partial charge in [0.25, 0.3) is 0 Å². The number of hydrogen-bond donors (Lipinski definition) is 2. The van der Waals surface area contributed by atoms with E-state index in [-0.39, 0.29) is 18.4 Å². The van der Waals surface area contributed by atoms with Crippen LogP contribution in [0.1, 0.15) is 83.0 Å². The lowest BCUT2D eigenvalue weighted by Gasteiger charge is -2.24. The number of nitrogens with one attached hydrogen (secondary N) is 2. The summed E-state index contributed by atoms with van der Waals surface area (Å²) < 4.78 is 10.9. The van der Waals surface area contributed by atoms with E-state index in [2.05, 4.69) is 38.3 Å². The standard InChI is InChI=1S/C26H36N2O4/c1-17(2)20-14-11-15-21(18(3)4)23(20)28-24(29)31-16-22(19-12-9-8-10-13-19)27-25(30)32-26(5,6)7/h8-15,17-18,22H,16H2,1-7H3,(H,27,30)(H,28,29). The largest absolute Gasteiger partial charge is 0.447 e. The van der Waals surface area contributed by atoms with Gasteiger partial charge in [0.2, 0.25) is 0 Å². The molecule has 0 radical (unpaired) electrons. The number of carbonyl (C=O) groups excluding carboxylic acids is 2. The molecule has 1 atom stereocenters. The van der Waals surface area contributed by atoms with Crippen LogP contribution in [0.4, 0.5) is 15.3 Å². The van der Waals surface area contributed by atoms with Crippen molar-refractivity contribution in [2.45, 2.75) is 71.9 Å². The number of para-hydroxylation sites is 1. The quantitative estimate of drug-likeness (QED) is 0.499. The summed E-state index contributed by atoms with van der Waals surface area (Å²) in [4.78, 5) is 25.1. The molecule has 2 aromatic carbocycles. The van der Waals surface area contributed by atoms with Crippen molar-refractivity contribution in [1.82, 2.24) is 5.32 Å². The maximum atomic E-state index is 12.7. The van der Waals surface area contributed by atoms with Crippen LogP contribution in [0, 0.1) is 0 Å². The topological polar surface area (TPSA) is 76.7 Å². The maximum Gasteiger partial charge on any atom is 0.411 e. The molecule has 0 bridgehead atoms. The molecule has 0 saturated carbocycles. The second-order valence-electron chi connectivity index (χ2n) is 9.45. The summed E-state index contributed by atoms with van der Waals surface area (Å²) in [6, 6.07) is 14.9. The minimum absolute atomic E-state index is 0.0318. The molecule has 1 unspecified atom stereocenters. The van der Waals surface area contributed by atoms with E-state index in [4.69, 9.17) is 9.47 Å². The molecule has 2 rings (SSSR count). The van der Waals surface area contributed by atoms with Gasteiger partial charge in [0, 0.05) is 0 Å². The number of carbonyl (C=O) groups is 2. The van der Waals surface area contributed by atoms with Crippen LogP contribution in [0.3, 0.4) is 0 Å². The van der Waals surface area contributed by atoms with Gasteiger partial charge in [0.15, 0.2) is 0 Å². The van der Waals surface area contributed by atoms with Crippen LogP contribution in [0.5, 0.6) is 0 Å². The molecule has 0 aliphatic heterocycles. The van der Waals surface area contributed by atoms with Crippen LogP contribution in [0.15, 0.2) is 48.5 Å². The number of anilines is 1. The van der Waals surface area contributed by atoms with E-state index < -0.39 is 23.8 Å².